The summed E-state index contributed by atoms with van der Waals surface area (Å²) in [6.45, 7) is 9.40. The van der Waals surface area contributed by atoms with Crippen LogP contribution in [0.5, 0.6) is 11.5 Å². The number of carbonyl (C=O) groups excluding carboxylic acids is 7. The van der Waals surface area contributed by atoms with Crippen LogP contribution in [0.2, 0.25) is 0 Å². The number of halogens is 1. The summed E-state index contributed by atoms with van der Waals surface area (Å²) in [5, 5.41) is 86.9. The zero-order chi connectivity index (χ0) is 89.0. The summed E-state index contributed by atoms with van der Waals surface area (Å²) in [6, 6.07) is 18.4. The van der Waals surface area contributed by atoms with Gasteiger partial charge in [-0.05, 0) is 78.1 Å². The van der Waals surface area contributed by atoms with Crippen molar-refractivity contribution in [1.29, 1.82) is 0 Å². The van der Waals surface area contributed by atoms with Crippen molar-refractivity contribution in [3.05, 3.63) is 89.2 Å². The summed E-state index contributed by atoms with van der Waals surface area (Å²) >= 11 is 6.52. The van der Waals surface area contributed by atoms with E-state index in [1.807, 2.05) is 70.2 Å². The molecule has 1 fully saturated rings. The molecule has 0 saturated carbocycles. The number of aliphatic carboxylic acids is 1. The number of hydrogen-bond donors (Lipinski definition) is 13. The van der Waals surface area contributed by atoms with Crippen LogP contribution in [0.4, 0.5) is 20.1 Å². The number of H-pyrrole nitrogens is 1. The van der Waals surface area contributed by atoms with Crippen LogP contribution in [0, 0.1) is 0 Å². The average molecular weight is 1770 g/mol. The van der Waals surface area contributed by atoms with Crippen LogP contribution in [0.3, 0.4) is 0 Å². The molecule has 8 unspecified atom stereocenters. The molecule has 1 saturated heterocycles. The number of pyridine rings is 1. The molecular weight excluding hydrogens is 1650 g/mol. The van der Waals surface area contributed by atoms with E-state index in [0.717, 1.165) is 21.7 Å². The Kier molecular flexibility index (Phi) is 52.6. The van der Waals surface area contributed by atoms with Crippen molar-refractivity contribution in [3.63, 3.8) is 0 Å². The summed E-state index contributed by atoms with van der Waals surface area (Å²) in [6.07, 6.45) is -1.44. The number of fused-ring (bicyclic) bond motifs is 4. The standard InChI is InChI=1S/C43H55ClN6O12.C19H30N2O6S2.C11H21NO7.C7H16O4/c1-4-28(22-51)61-38(59-3)25-60-42(56)46-10-9-37(54)45-11-12-48-13-15-49(16-14-48)43(57)62-36-19-34-39(30-8-6-5-7-29(30)36)27(20-44)21-50(34)41(55)33-17-26-18-35(58-2)31(23-52)32(24-53)40(26)47-33;1-3-15(13-22)27-19(25-2)14-26-18(24)9-6-7-16(23)20-11-12-28-29-17-8-4-5-10-21-17;1-3-8(6-13)19-10(17-2)7-18-11(16)12-5-4-9(14)15;1-3-6(4-8)11-7(5-9)10-2/h5-8,17-19,27-28,38,47,51-53H,4,9-16,20-25H2,1-3H3,(H,45,54)(H,46,56);4-5,8,10,15,19,22H,3,6-7,9,11-14H2,1-2H3,(H,20,23);8,10,13H,3-7H2,1-2H3,(H,12,16)(H,14,15);6-9H,3-5H2,1-2H3/t27-,28?,38?;;;/m1.../s1. The molecule has 9 atom stereocenters. The van der Waals surface area contributed by atoms with E-state index in [2.05, 4.69) is 36.1 Å². The van der Waals surface area contributed by atoms with E-state index in [0.29, 0.717) is 129 Å². The van der Waals surface area contributed by atoms with Crippen LogP contribution < -0.4 is 35.6 Å². The van der Waals surface area contributed by atoms with Crippen molar-refractivity contribution < 1.29 is 141 Å². The summed E-state index contributed by atoms with van der Waals surface area (Å²) in [5.74, 6) is -0.582. The quantitative estimate of drug-likeness (QED) is 0.00570. The molecule has 0 spiro atoms. The SMILES string of the molecule is CCC(CO)OC(CO)OC.CCC(CO)OC(COC(=O)CCCC(=O)NCCSSc1ccccn1)OC.CCC(CO)OC(COC(=O)NCCC(=O)NCCN1CCN(C(=O)Oc2cc3c(c4ccccc24)[C@H](CCl)CN3C(=O)c2cc3cc(OC)c(CO)c(CO)c3[nH]2)CC1)OC.CCC(CO)OC(COC(=O)NCCC(=O)O)OC. The first-order valence-corrected chi connectivity index (χ1v) is 42.6. The lowest BCUT2D eigenvalue weighted by Gasteiger charge is -2.34. The molecule has 13 N–H and O–H groups in total. The highest BCUT2D eigenvalue weighted by Gasteiger charge is 2.37. The number of alkyl carbamates (subject to hydrolysis) is 2. The molecule has 680 valence electrons. The Bertz CT molecular complexity index is 3830. The fraction of sp³-hybridized carbons (Fsp3) is 0.613. The van der Waals surface area contributed by atoms with E-state index in [-0.39, 0.29) is 158 Å². The van der Waals surface area contributed by atoms with Crippen molar-refractivity contribution in [2.45, 2.75) is 159 Å². The average Bonchev–Trinajstić information content (AvgIpc) is 1.60. The summed E-state index contributed by atoms with van der Waals surface area (Å²) in [7, 11) is 10.4. The molecule has 7 rings (SSSR count). The minimum absolute atomic E-state index is 0.0130. The van der Waals surface area contributed by atoms with Gasteiger partial charge in [-0.25, -0.2) is 19.4 Å². The molecule has 0 radical (unpaired) electrons. The maximum absolute atomic E-state index is 14.3. The first kappa shape index (κ1) is 105. The Morgan fingerprint density at radius 2 is 1.11 bits per heavy atom. The lowest BCUT2D eigenvalue weighted by Crippen LogP contribution is -2.51. The van der Waals surface area contributed by atoms with Crippen molar-refractivity contribution >= 4 is 108 Å². The second kappa shape index (κ2) is 60.5. The van der Waals surface area contributed by atoms with Crippen molar-refractivity contribution in [2.24, 2.45) is 0 Å². The highest BCUT2D eigenvalue weighted by Crippen LogP contribution is 2.46. The van der Waals surface area contributed by atoms with Gasteiger partial charge in [0.1, 0.15) is 42.0 Å². The number of carbonyl (C=O) groups is 8. The molecule has 4 heterocycles. The second-order valence-electron chi connectivity index (χ2n) is 26.8. The normalized spacial score (nSPS) is 15.1. The number of amides is 6. The van der Waals surface area contributed by atoms with Gasteiger partial charge in [0.25, 0.3) is 5.91 Å². The van der Waals surface area contributed by atoms with Gasteiger partial charge in [0.15, 0.2) is 25.2 Å². The highest BCUT2D eigenvalue weighted by atomic mass is 35.5. The molecule has 2 aliphatic rings. The van der Waals surface area contributed by atoms with E-state index >= 15 is 0 Å². The summed E-state index contributed by atoms with van der Waals surface area (Å²) in [4.78, 5) is 110. The van der Waals surface area contributed by atoms with E-state index in [1.54, 1.807) is 55.8 Å². The van der Waals surface area contributed by atoms with Gasteiger partial charge >= 0.3 is 30.2 Å². The summed E-state index contributed by atoms with van der Waals surface area (Å²) in [5.41, 5.74) is 3.09. The van der Waals surface area contributed by atoms with E-state index < -0.39 is 61.5 Å². The topological polar surface area (TPSA) is 505 Å². The fourth-order valence-corrected chi connectivity index (χ4v) is 13.7. The number of benzene rings is 3. The molecule has 0 aliphatic carbocycles. The van der Waals surface area contributed by atoms with E-state index in [9.17, 15) is 53.7 Å². The molecule has 2 aliphatic heterocycles. The number of aliphatic hydroxyl groups excluding tert-OH is 7. The van der Waals surface area contributed by atoms with Crippen molar-refractivity contribution in [2.75, 3.05) is 170 Å². The number of esters is 1. The molecular formula is C80H122ClN9O29S2. The van der Waals surface area contributed by atoms with Gasteiger partial charge in [0.2, 0.25) is 11.8 Å². The lowest BCUT2D eigenvalue weighted by atomic mass is 9.95. The number of aromatic amines is 1. The number of rotatable bonds is 51. The first-order chi connectivity index (χ1) is 58.5. The zero-order valence-electron chi connectivity index (χ0n) is 70.1. The Hall–Kier alpha value is -8.08. The van der Waals surface area contributed by atoms with Gasteiger partial charge in [-0.2, -0.15) is 0 Å². The molecule has 38 nitrogen and oxygen atoms in total. The number of methoxy groups -OCH3 is 5. The first-order valence-electron chi connectivity index (χ1n) is 39.7. The Morgan fingerprint density at radius 3 is 1.61 bits per heavy atom. The summed E-state index contributed by atoms with van der Waals surface area (Å²) < 4.78 is 67.9. The Labute approximate surface area is 717 Å². The molecule has 41 heteroatoms. The van der Waals surface area contributed by atoms with Crippen LogP contribution in [-0.2, 0) is 84.5 Å². The third kappa shape index (κ3) is 37.5. The minimum atomic E-state index is -1.01. The van der Waals surface area contributed by atoms with E-state index in [1.165, 1.54) is 35.5 Å². The van der Waals surface area contributed by atoms with Crippen LogP contribution in [-0.4, -0.2) is 324 Å². The zero-order valence-corrected chi connectivity index (χ0v) is 72.5. The number of aliphatic hydroxyl groups is 7. The molecule has 121 heavy (non-hydrogen) atoms. The maximum Gasteiger partial charge on any atom is 0.415 e. The van der Waals surface area contributed by atoms with Gasteiger partial charge in [-0.15, -0.1) is 11.6 Å². The van der Waals surface area contributed by atoms with Crippen LogP contribution >= 0.6 is 33.2 Å². The molecule has 3 aromatic carbocycles. The van der Waals surface area contributed by atoms with Gasteiger partial charge in [-0.1, -0.05) is 68.8 Å². The number of alkyl halides is 1. The van der Waals surface area contributed by atoms with Crippen molar-refractivity contribution in [1.82, 2.24) is 41.0 Å². The van der Waals surface area contributed by atoms with Gasteiger partial charge < -0.3 is 138 Å². The number of carboxylic acids is 1. The lowest BCUT2D eigenvalue weighted by molar-refractivity contribution is -0.194. The highest BCUT2D eigenvalue weighted by molar-refractivity contribution is 8.76. The smallest absolute Gasteiger partial charge is 0.415 e. The molecule has 0 bridgehead atoms. The Balaban J connectivity index is 0.000000426. The van der Waals surface area contributed by atoms with Crippen LogP contribution in [0.15, 0.2) is 71.9 Å². The third-order valence-electron chi connectivity index (χ3n) is 18.6. The maximum atomic E-state index is 14.3. The number of ether oxygens (including phenoxy) is 13. The van der Waals surface area contributed by atoms with Gasteiger partial charge in [-0.3, -0.25) is 28.9 Å². The molecule has 6 amide bonds. The molecule has 5 aromatic rings. The number of carboxylic acid groups (broad SMARTS) is 1. The van der Waals surface area contributed by atoms with Crippen molar-refractivity contribution in [3.8, 4) is 11.5 Å². The Morgan fingerprint density at radius 1 is 0.579 bits per heavy atom. The number of piperazine rings is 1. The number of aromatic nitrogens is 2. The van der Waals surface area contributed by atoms with Gasteiger partial charge in [0, 0.05) is 165 Å². The fourth-order valence-electron chi connectivity index (χ4n) is 11.7. The van der Waals surface area contributed by atoms with Gasteiger partial charge in [0.05, 0.1) is 95.4 Å². The monoisotopic (exact) mass is 1770 g/mol. The predicted molar refractivity (Wildman–Crippen MR) is 448 cm³/mol. The van der Waals surface area contributed by atoms with Crippen LogP contribution in [0.25, 0.3) is 21.7 Å². The minimum Gasteiger partial charge on any atom is -0.496 e. The van der Waals surface area contributed by atoms with E-state index in [4.69, 9.17) is 98.7 Å². The molecule has 2 aromatic heterocycles. The third-order valence-corrected chi connectivity index (χ3v) is 21.2. The number of nitrogens with zero attached hydrogens (tertiary/aromatic N) is 4. The largest absolute Gasteiger partial charge is 0.496 e. The predicted octanol–water partition coefficient (Wildman–Crippen LogP) is 5.50. The number of anilines is 1. The second-order valence-corrected chi connectivity index (χ2v) is 29.6. The number of hydrogen-bond acceptors (Lipinski definition) is 32. The van der Waals surface area contributed by atoms with Crippen LogP contribution in [0.1, 0.15) is 119 Å². The number of nitrogens with one attached hydrogen (secondary N) is 5.